The molecule has 6 heteroatoms. The van der Waals surface area contributed by atoms with Crippen LogP contribution in [0, 0.1) is 23.4 Å². The van der Waals surface area contributed by atoms with Crippen LogP contribution in [0.2, 0.25) is 5.02 Å². The Bertz CT molecular complexity index is 917. The first-order chi connectivity index (χ1) is 13.2. The first-order valence-electron chi connectivity index (χ1n) is 9.40. The lowest BCUT2D eigenvalue weighted by molar-refractivity contribution is -0.123. The summed E-state index contributed by atoms with van der Waals surface area (Å²) in [5.41, 5.74) is 0.486. The van der Waals surface area contributed by atoms with Gasteiger partial charge in [-0.2, -0.15) is 0 Å². The number of ketones is 1. The van der Waals surface area contributed by atoms with Crippen LogP contribution in [-0.4, -0.2) is 12.3 Å². The lowest BCUT2D eigenvalue weighted by Crippen LogP contribution is -2.39. The van der Waals surface area contributed by atoms with E-state index < -0.39 is 34.7 Å². The molecule has 0 radical (unpaired) electrons. The van der Waals surface area contributed by atoms with Crippen LogP contribution in [-0.2, 0) is 10.2 Å². The summed E-state index contributed by atoms with van der Waals surface area (Å²) in [5.74, 6) is -3.61. The number of fused-ring (bicyclic) bond motifs is 1. The predicted molar refractivity (Wildman–Crippen MR) is 105 cm³/mol. The molecule has 0 spiro atoms. The molecule has 1 heterocycles. The number of hydrogen-bond acceptors (Lipinski definition) is 2. The molecule has 1 aliphatic rings. The highest BCUT2D eigenvalue weighted by Crippen LogP contribution is 2.51. The number of Topliss-reactive ketones (excluding diaryl/α,β-unsaturated/α-hetero) is 1. The minimum Gasteiger partial charge on any atom is -0.384 e. The Balaban J connectivity index is 2.20. The number of carbonyl (C=O) groups is 1. The molecule has 0 saturated carbocycles. The van der Waals surface area contributed by atoms with Gasteiger partial charge in [0, 0.05) is 42.0 Å². The summed E-state index contributed by atoms with van der Waals surface area (Å²) >= 11 is 6.02. The number of nitrogens with one attached hydrogen (secondary N) is 1. The van der Waals surface area contributed by atoms with E-state index in [0.29, 0.717) is 36.2 Å². The van der Waals surface area contributed by atoms with E-state index in [4.69, 9.17) is 11.6 Å². The highest BCUT2D eigenvalue weighted by Gasteiger charge is 2.47. The van der Waals surface area contributed by atoms with Crippen molar-refractivity contribution < 1.29 is 18.0 Å². The van der Waals surface area contributed by atoms with Crippen molar-refractivity contribution in [1.29, 1.82) is 0 Å². The molecule has 2 aromatic rings. The minimum atomic E-state index is -0.966. The van der Waals surface area contributed by atoms with E-state index in [9.17, 15) is 13.6 Å². The number of rotatable bonds is 6. The molecule has 2 aromatic carbocycles. The van der Waals surface area contributed by atoms with Crippen molar-refractivity contribution in [2.24, 2.45) is 5.92 Å². The number of benzene rings is 2. The third-order valence-electron chi connectivity index (χ3n) is 5.83. The van der Waals surface area contributed by atoms with Crippen LogP contribution < -0.4 is 5.32 Å². The van der Waals surface area contributed by atoms with Crippen molar-refractivity contribution in [3.05, 3.63) is 63.9 Å². The molecule has 0 aliphatic carbocycles. The third-order valence-corrected chi connectivity index (χ3v) is 6.12. The standard InChI is InChI=1S/C22H23ClF3NO/c1-4-6-19(28)12(2)20(13-7-5-8-15(23)21(13)26)22(3)11-27-18-10-17(25)16(24)9-14(18)22/h5,7-10,12,20,27H,4,6,11H2,1-3H3. The maximum absolute atomic E-state index is 15.0. The zero-order chi connectivity index (χ0) is 20.6. The quantitative estimate of drug-likeness (QED) is 0.612. The fraction of sp³-hybridized carbons (Fsp3) is 0.409. The first kappa shape index (κ1) is 20.7. The van der Waals surface area contributed by atoms with Crippen LogP contribution in [0.25, 0.3) is 0 Å². The minimum absolute atomic E-state index is 0.00383. The van der Waals surface area contributed by atoms with Gasteiger partial charge in [-0.05, 0) is 29.7 Å². The third kappa shape index (κ3) is 3.41. The summed E-state index contributed by atoms with van der Waals surface area (Å²) in [6.45, 7) is 5.85. The van der Waals surface area contributed by atoms with Gasteiger partial charge in [0.25, 0.3) is 0 Å². The fourth-order valence-electron chi connectivity index (χ4n) is 4.40. The van der Waals surface area contributed by atoms with Gasteiger partial charge in [0.2, 0.25) is 0 Å². The van der Waals surface area contributed by atoms with E-state index >= 15 is 4.39 Å². The Morgan fingerprint density at radius 1 is 1.25 bits per heavy atom. The van der Waals surface area contributed by atoms with E-state index in [1.54, 1.807) is 19.1 Å². The smallest absolute Gasteiger partial charge is 0.160 e. The molecule has 2 nitrogen and oxygen atoms in total. The number of carbonyl (C=O) groups excluding carboxylic acids is 1. The van der Waals surface area contributed by atoms with Crippen LogP contribution in [0.15, 0.2) is 30.3 Å². The van der Waals surface area contributed by atoms with Gasteiger partial charge >= 0.3 is 0 Å². The summed E-state index contributed by atoms with van der Waals surface area (Å²) in [6, 6.07) is 6.97. The second-order valence-corrected chi connectivity index (χ2v) is 8.12. The maximum atomic E-state index is 15.0. The second kappa shape index (κ2) is 7.78. The average Bonchev–Trinajstić information content (AvgIpc) is 2.96. The van der Waals surface area contributed by atoms with Gasteiger partial charge in [0.05, 0.1) is 5.02 Å². The van der Waals surface area contributed by atoms with E-state index in [2.05, 4.69) is 5.32 Å². The van der Waals surface area contributed by atoms with Crippen LogP contribution in [0.3, 0.4) is 0 Å². The van der Waals surface area contributed by atoms with Gasteiger partial charge in [-0.15, -0.1) is 0 Å². The largest absolute Gasteiger partial charge is 0.384 e. The van der Waals surface area contributed by atoms with Crippen molar-refractivity contribution in [3.8, 4) is 0 Å². The summed E-state index contributed by atoms with van der Waals surface area (Å²) in [5, 5.41) is 3.07. The molecule has 28 heavy (non-hydrogen) atoms. The van der Waals surface area contributed by atoms with E-state index in [1.807, 2.05) is 13.8 Å². The molecule has 0 bridgehead atoms. The van der Waals surface area contributed by atoms with Crippen LogP contribution in [0.4, 0.5) is 18.9 Å². The van der Waals surface area contributed by atoms with Crippen molar-refractivity contribution in [2.45, 2.75) is 44.9 Å². The molecular formula is C22H23ClF3NO. The highest BCUT2D eigenvalue weighted by atomic mass is 35.5. The van der Waals surface area contributed by atoms with Crippen molar-refractivity contribution in [1.82, 2.24) is 0 Å². The van der Waals surface area contributed by atoms with Gasteiger partial charge in [-0.3, -0.25) is 4.79 Å². The number of hydrogen-bond donors (Lipinski definition) is 1. The molecule has 3 unspecified atom stereocenters. The topological polar surface area (TPSA) is 29.1 Å². The van der Waals surface area contributed by atoms with Crippen molar-refractivity contribution in [2.75, 3.05) is 11.9 Å². The zero-order valence-corrected chi connectivity index (χ0v) is 16.8. The summed E-state index contributed by atoms with van der Waals surface area (Å²) in [4.78, 5) is 12.8. The normalized spacial score (nSPS) is 20.4. The predicted octanol–water partition coefficient (Wildman–Crippen LogP) is 6.23. The first-order valence-corrected chi connectivity index (χ1v) is 9.78. The molecule has 3 atom stereocenters. The summed E-state index contributed by atoms with van der Waals surface area (Å²) in [7, 11) is 0. The zero-order valence-electron chi connectivity index (χ0n) is 16.1. The van der Waals surface area contributed by atoms with Crippen LogP contribution >= 0.6 is 11.6 Å². The van der Waals surface area contributed by atoms with Gasteiger partial charge in [0.1, 0.15) is 11.6 Å². The lowest BCUT2D eigenvalue weighted by atomic mass is 9.64. The maximum Gasteiger partial charge on any atom is 0.160 e. The molecule has 0 aromatic heterocycles. The fourth-order valence-corrected chi connectivity index (χ4v) is 4.58. The van der Waals surface area contributed by atoms with Crippen LogP contribution in [0.1, 0.15) is 50.7 Å². The van der Waals surface area contributed by atoms with Gasteiger partial charge < -0.3 is 5.32 Å². The number of halogens is 4. The molecule has 0 saturated heterocycles. The number of anilines is 1. The van der Waals surface area contributed by atoms with E-state index in [-0.39, 0.29) is 10.8 Å². The SMILES string of the molecule is CCCC(=O)C(C)C(c1cccc(Cl)c1F)C1(C)CNc2cc(F)c(F)cc21. The second-order valence-electron chi connectivity index (χ2n) is 7.71. The summed E-state index contributed by atoms with van der Waals surface area (Å²) in [6.07, 6.45) is 1.05. The monoisotopic (exact) mass is 409 g/mol. The molecule has 0 fully saturated rings. The molecule has 0 amide bonds. The Kier molecular flexibility index (Phi) is 5.76. The van der Waals surface area contributed by atoms with E-state index in [1.165, 1.54) is 6.07 Å². The molecule has 3 rings (SSSR count). The molecule has 1 aliphatic heterocycles. The van der Waals surface area contributed by atoms with Crippen molar-refractivity contribution in [3.63, 3.8) is 0 Å². The Labute approximate surface area is 168 Å². The molecular weight excluding hydrogens is 387 g/mol. The Morgan fingerprint density at radius 3 is 2.61 bits per heavy atom. The Morgan fingerprint density at radius 2 is 1.93 bits per heavy atom. The van der Waals surface area contributed by atoms with Gasteiger partial charge in [-0.1, -0.05) is 44.5 Å². The van der Waals surface area contributed by atoms with Gasteiger partial charge in [0.15, 0.2) is 11.6 Å². The highest BCUT2D eigenvalue weighted by molar-refractivity contribution is 6.30. The van der Waals surface area contributed by atoms with E-state index in [0.717, 1.165) is 12.1 Å². The summed E-state index contributed by atoms with van der Waals surface area (Å²) < 4.78 is 42.8. The molecule has 1 N–H and O–H groups in total. The average molecular weight is 410 g/mol. The van der Waals surface area contributed by atoms with Crippen LogP contribution in [0.5, 0.6) is 0 Å². The molecule has 150 valence electrons. The van der Waals surface area contributed by atoms with Gasteiger partial charge in [-0.25, -0.2) is 13.2 Å². The lowest BCUT2D eigenvalue weighted by Gasteiger charge is -2.38. The van der Waals surface area contributed by atoms with Crippen molar-refractivity contribution >= 4 is 23.1 Å². The Hall–Kier alpha value is -2.01.